The lowest BCUT2D eigenvalue weighted by atomic mass is 10.1. The molecule has 1 N–H and O–H groups in total. The van der Waals surface area contributed by atoms with Gasteiger partial charge < -0.3 is 5.11 Å². The Kier molecular flexibility index (Phi) is 3.47. The van der Waals surface area contributed by atoms with E-state index in [1.165, 1.54) is 10.9 Å². The fourth-order valence-corrected chi connectivity index (χ4v) is 1.80. The monoisotopic (exact) mass is 304 g/mol. The lowest BCUT2D eigenvalue weighted by Crippen LogP contribution is -2.13. The normalized spacial score (nSPS) is 11.7. The number of benzene rings is 1. The maximum atomic E-state index is 12.7. The first-order chi connectivity index (χ1) is 9.20. The molecule has 0 unspecified atom stereocenters. The quantitative estimate of drug-likeness (QED) is 0.923. The second-order valence-corrected chi connectivity index (χ2v) is 4.45. The Bertz CT molecular complexity index is 660. The Morgan fingerprint density at radius 3 is 2.50 bits per heavy atom. The van der Waals surface area contributed by atoms with Gasteiger partial charge in [0.25, 0.3) is 0 Å². The van der Waals surface area contributed by atoms with Crippen molar-refractivity contribution in [2.45, 2.75) is 13.1 Å². The number of nitrogens with zero attached hydrogens (tertiary/aromatic N) is 2. The molecule has 2 rings (SSSR count). The largest absolute Gasteiger partial charge is 0.478 e. The number of halogens is 4. The van der Waals surface area contributed by atoms with Crippen LogP contribution < -0.4 is 0 Å². The molecule has 0 aliphatic carbocycles. The van der Waals surface area contributed by atoms with E-state index in [9.17, 15) is 18.0 Å². The van der Waals surface area contributed by atoms with Crippen LogP contribution in [0.1, 0.15) is 21.6 Å². The summed E-state index contributed by atoms with van der Waals surface area (Å²) < 4.78 is 39.3. The molecule has 0 amide bonds. The van der Waals surface area contributed by atoms with Gasteiger partial charge in [0, 0.05) is 6.20 Å². The lowest BCUT2D eigenvalue weighted by molar-refractivity contribution is -0.138. The van der Waals surface area contributed by atoms with Crippen molar-refractivity contribution in [1.29, 1.82) is 0 Å². The molecule has 1 heterocycles. The average Bonchev–Trinajstić information content (AvgIpc) is 2.67. The highest BCUT2D eigenvalue weighted by Crippen LogP contribution is 2.33. The summed E-state index contributed by atoms with van der Waals surface area (Å²) in [7, 11) is 0. The van der Waals surface area contributed by atoms with Gasteiger partial charge in [0.1, 0.15) is 0 Å². The smallest absolute Gasteiger partial charge is 0.417 e. The van der Waals surface area contributed by atoms with Gasteiger partial charge in [-0.1, -0.05) is 11.6 Å². The predicted octanol–water partition coefficient (Wildman–Crippen LogP) is 3.55. The molecule has 0 radical (unpaired) electrons. The Labute approximate surface area is 116 Å². The number of rotatable bonds is 2. The van der Waals surface area contributed by atoms with Gasteiger partial charge >= 0.3 is 12.1 Å². The van der Waals surface area contributed by atoms with Gasteiger partial charge in [-0.15, -0.1) is 0 Å². The minimum absolute atomic E-state index is 0.186. The molecule has 20 heavy (non-hydrogen) atoms. The molecular formula is C12H8ClF3N2O2. The molecule has 2 aromatic rings. The molecule has 4 nitrogen and oxygen atoms in total. The van der Waals surface area contributed by atoms with Crippen LogP contribution in [0.3, 0.4) is 0 Å². The molecule has 106 valence electrons. The molecule has 0 spiro atoms. The third-order valence-electron chi connectivity index (χ3n) is 2.64. The van der Waals surface area contributed by atoms with Crippen molar-refractivity contribution in [3.63, 3.8) is 0 Å². The third-order valence-corrected chi connectivity index (χ3v) is 3.01. The summed E-state index contributed by atoms with van der Waals surface area (Å²) in [6, 6.07) is 2.76. The molecule has 0 atom stereocenters. The summed E-state index contributed by atoms with van der Waals surface area (Å²) >= 11 is 5.81. The molecule has 0 saturated heterocycles. The van der Waals surface area contributed by atoms with Crippen LogP contribution in [0, 0.1) is 6.92 Å². The summed E-state index contributed by atoms with van der Waals surface area (Å²) in [6.45, 7) is 1.63. The minimum atomic E-state index is -4.73. The maximum Gasteiger partial charge on any atom is 0.417 e. The molecule has 0 fully saturated rings. The van der Waals surface area contributed by atoms with Crippen LogP contribution in [0.4, 0.5) is 13.2 Å². The number of alkyl halides is 3. The van der Waals surface area contributed by atoms with Crippen LogP contribution in [0.5, 0.6) is 0 Å². The number of hydrogen-bond acceptors (Lipinski definition) is 2. The van der Waals surface area contributed by atoms with Crippen molar-refractivity contribution in [3.8, 4) is 5.69 Å². The van der Waals surface area contributed by atoms with Crippen LogP contribution in [0.2, 0.25) is 5.02 Å². The number of carboxylic acids is 1. The standard InChI is InChI=1S/C12H8ClF3N2O2/c1-6-10(13)5-18(17-6)7-2-3-9(12(14,15)16)8(4-7)11(19)20/h2-5H,1H3,(H,19,20). The van der Waals surface area contributed by atoms with E-state index >= 15 is 0 Å². The number of aromatic carboxylic acids is 1. The number of carboxylic acid groups (broad SMARTS) is 1. The average molecular weight is 305 g/mol. The molecular weight excluding hydrogens is 297 g/mol. The molecule has 0 aliphatic rings. The van der Waals surface area contributed by atoms with Crippen molar-refractivity contribution in [3.05, 3.63) is 46.2 Å². The van der Waals surface area contributed by atoms with Gasteiger partial charge in [0.2, 0.25) is 0 Å². The van der Waals surface area contributed by atoms with Crippen molar-refractivity contribution >= 4 is 17.6 Å². The Morgan fingerprint density at radius 2 is 2.05 bits per heavy atom. The van der Waals surface area contributed by atoms with E-state index < -0.39 is 23.3 Å². The molecule has 1 aromatic heterocycles. The van der Waals surface area contributed by atoms with Crippen LogP contribution >= 0.6 is 11.6 Å². The maximum absolute atomic E-state index is 12.7. The number of aromatic nitrogens is 2. The van der Waals surface area contributed by atoms with Crippen molar-refractivity contribution in [2.24, 2.45) is 0 Å². The second kappa shape index (κ2) is 4.82. The molecule has 0 saturated carbocycles. The van der Waals surface area contributed by atoms with Gasteiger partial charge in [-0.3, -0.25) is 0 Å². The van der Waals surface area contributed by atoms with Gasteiger partial charge in [-0.25, -0.2) is 9.48 Å². The first-order valence-electron chi connectivity index (χ1n) is 5.37. The SMILES string of the molecule is Cc1nn(-c2ccc(C(F)(F)F)c(C(=O)O)c2)cc1Cl. The molecule has 1 aromatic carbocycles. The van der Waals surface area contributed by atoms with E-state index in [1.54, 1.807) is 6.92 Å². The van der Waals surface area contributed by atoms with Crippen LogP contribution in [-0.4, -0.2) is 20.9 Å². The highest BCUT2D eigenvalue weighted by molar-refractivity contribution is 6.31. The molecule has 0 bridgehead atoms. The number of aryl methyl sites for hydroxylation is 1. The third kappa shape index (κ3) is 2.62. The number of hydrogen-bond donors (Lipinski definition) is 1. The van der Waals surface area contributed by atoms with Crippen molar-refractivity contribution in [2.75, 3.05) is 0 Å². The Hall–Kier alpha value is -2.02. The van der Waals surface area contributed by atoms with Crippen LogP contribution in [0.25, 0.3) is 5.69 Å². The van der Waals surface area contributed by atoms with Gasteiger partial charge in [-0.2, -0.15) is 18.3 Å². The van der Waals surface area contributed by atoms with Gasteiger partial charge in [-0.05, 0) is 25.1 Å². The van der Waals surface area contributed by atoms with E-state index in [0.29, 0.717) is 16.8 Å². The van der Waals surface area contributed by atoms with Crippen molar-refractivity contribution in [1.82, 2.24) is 9.78 Å². The zero-order chi connectivity index (χ0) is 15.1. The zero-order valence-corrected chi connectivity index (χ0v) is 10.8. The highest BCUT2D eigenvalue weighted by atomic mass is 35.5. The Balaban J connectivity index is 2.59. The second-order valence-electron chi connectivity index (χ2n) is 4.04. The fourth-order valence-electron chi connectivity index (χ4n) is 1.67. The molecule has 8 heteroatoms. The molecule has 0 aliphatic heterocycles. The predicted molar refractivity (Wildman–Crippen MR) is 65.3 cm³/mol. The Morgan fingerprint density at radius 1 is 1.40 bits per heavy atom. The first-order valence-corrected chi connectivity index (χ1v) is 5.74. The summed E-state index contributed by atoms with van der Waals surface area (Å²) in [5.41, 5.74) is -1.36. The van der Waals surface area contributed by atoms with Gasteiger partial charge in [0.15, 0.2) is 0 Å². The summed E-state index contributed by atoms with van der Waals surface area (Å²) in [6.07, 6.45) is -3.34. The number of carbonyl (C=O) groups is 1. The lowest BCUT2D eigenvalue weighted by Gasteiger charge is -2.11. The van der Waals surface area contributed by atoms with Gasteiger partial charge in [0.05, 0.1) is 27.5 Å². The van der Waals surface area contributed by atoms with E-state index in [2.05, 4.69) is 5.10 Å². The highest BCUT2D eigenvalue weighted by Gasteiger charge is 2.35. The first kappa shape index (κ1) is 14.4. The van der Waals surface area contributed by atoms with Crippen LogP contribution in [0.15, 0.2) is 24.4 Å². The van der Waals surface area contributed by atoms with Crippen molar-refractivity contribution < 1.29 is 23.1 Å². The van der Waals surface area contributed by atoms with E-state index in [0.717, 1.165) is 12.1 Å². The zero-order valence-electron chi connectivity index (χ0n) is 10.1. The summed E-state index contributed by atoms with van der Waals surface area (Å²) in [5.74, 6) is -1.66. The summed E-state index contributed by atoms with van der Waals surface area (Å²) in [5, 5.41) is 13.2. The van der Waals surface area contributed by atoms with E-state index in [4.69, 9.17) is 16.7 Å². The topological polar surface area (TPSA) is 55.1 Å². The van der Waals surface area contributed by atoms with E-state index in [-0.39, 0.29) is 5.69 Å². The minimum Gasteiger partial charge on any atom is -0.478 e. The fraction of sp³-hybridized carbons (Fsp3) is 0.167. The summed E-state index contributed by atoms with van der Waals surface area (Å²) in [4.78, 5) is 11.0. The van der Waals surface area contributed by atoms with Crippen LogP contribution in [-0.2, 0) is 6.18 Å². The van der Waals surface area contributed by atoms with E-state index in [1.807, 2.05) is 0 Å².